The van der Waals surface area contributed by atoms with Crippen LogP contribution in [-0.4, -0.2) is 48.1 Å². The predicted molar refractivity (Wildman–Crippen MR) is 78.6 cm³/mol. The first kappa shape index (κ1) is 14.8. The molecular formula is C16H26N2O3. The van der Waals surface area contributed by atoms with Gasteiger partial charge in [-0.3, -0.25) is 9.59 Å². The first-order chi connectivity index (χ1) is 10.1. The van der Waals surface area contributed by atoms with E-state index in [1.54, 1.807) is 0 Å². The molecule has 0 aromatic carbocycles. The summed E-state index contributed by atoms with van der Waals surface area (Å²) in [6, 6.07) is -0.606. The van der Waals surface area contributed by atoms with E-state index < -0.39 is 0 Å². The van der Waals surface area contributed by atoms with E-state index in [9.17, 15) is 9.59 Å². The van der Waals surface area contributed by atoms with Crippen LogP contribution in [0.2, 0.25) is 0 Å². The lowest BCUT2D eigenvalue weighted by Crippen LogP contribution is -2.65. The third-order valence-electron chi connectivity index (χ3n) is 4.89. The lowest BCUT2D eigenvalue weighted by molar-refractivity contribution is -0.152. The van der Waals surface area contributed by atoms with Gasteiger partial charge in [0.05, 0.1) is 6.10 Å². The zero-order chi connectivity index (χ0) is 15.0. The molecule has 2 heterocycles. The van der Waals surface area contributed by atoms with Gasteiger partial charge >= 0.3 is 0 Å². The van der Waals surface area contributed by atoms with Gasteiger partial charge in [0, 0.05) is 13.2 Å². The molecule has 3 aliphatic rings. The minimum atomic E-state index is -0.325. The molecule has 0 aromatic heterocycles. The van der Waals surface area contributed by atoms with Gasteiger partial charge in [-0.05, 0) is 43.9 Å². The highest BCUT2D eigenvalue weighted by molar-refractivity contribution is 5.97. The molecule has 3 unspecified atom stereocenters. The van der Waals surface area contributed by atoms with Crippen molar-refractivity contribution < 1.29 is 14.3 Å². The molecule has 1 N–H and O–H groups in total. The molecular weight excluding hydrogens is 268 g/mol. The van der Waals surface area contributed by atoms with Gasteiger partial charge in [-0.1, -0.05) is 13.8 Å². The van der Waals surface area contributed by atoms with Crippen molar-refractivity contribution in [1.82, 2.24) is 10.2 Å². The van der Waals surface area contributed by atoms with E-state index in [4.69, 9.17) is 4.74 Å². The molecule has 118 valence electrons. The zero-order valence-corrected chi connectivity index (χ0v) is 13.0. The number of hydrogen-bond acceptors (Lipinski definition) is 3. The lowest BCUT2D eigenvalue weighted by atomic mass is 9.95. The number of ether oxygens (including phenoxy) is 1. The van der Waals surface area contributed by atoms with E-state index in [1.807, 2.05) is 18.7 Å². The van der Waals surface area contributed by atoms with Crippen molar-refractivity contribution in [2.24, 2.45) is 11.8 Å². The third kappa shape index (κ3) is 3.07. The molecule has 0 aromatic rings. The summed E-state index contributed by atoms with van der Waals surface area (Å²) in [5, 5.41) is 2.96. The van der Waals surface area contributed by atoms with Crippen LogP contribution in [0.15, 0.2) is 0 Å². The molecule has 2 amide bonds. The fraction of sp³-hybridized carbons (Fsp3) is 0.875. The molecule has 3 rings (SSSR count). The Labute approximate surface area is 126 Å². The Morgan fingerprint density at radius 2 is 2.05 bits per heavy atom. The number of rotatable bonds is 5. The lowest BCUT2D eigenvalue weighted by Gasteiger charge is -2.41. The van der Waals surface area contributed by atoms with Crippen molar-refractivity contribution in [1.29, 1.82) is 0 Å². The zero-order valence-electron chi connectivity index (χ0n) is 13.0. The molecule has 1 saturated carbocycles. The van der Waals surface area contributed by atoms with Gasteiger partial charge in [0.15, 0.2) is 0 Å². The fourth-order valence-corrected chi connectivity index (χ4v) is 3.57. The number of nitrogens with one attached hydrogen (secondary N) is 1. The Hall–Kier alpha value is -1.10. The van der Waals surface area contributed by atoms with Crippen LogP contribution in [0.4, 0.5) is 0 Å². The van der Waals surface area contributed by atoms with Crippen LogP contribution in [0.1, 0.15) is 46.0 Å². The second kappa shape index (κ2) is 5.95. The van der Waals surface area contributed by atoms with Crippen LogP contribution in [0.25, 0.3) is 0 Å². The van der Waals surface area contributed by atoms with Crippen molar-refractivity contribution in [2.45, 2.75) is 64.1 Å². The monoisotopic (exact) mass is 294 g/mol. The molecule has 5 nitrogen and oxygen atoms in total. The molecule has 21 heavy (non-hydrogen) atoms. The summed E-state index contributed by atoms with van der Waals surface area (Å²) < 4.78 is 5.65. The third-order valence-corrected chi connectivity index (χ3v) is 4.89. The first-order valence-electron chi connectivity index (χ1n) is 8.30. The van der Waals surface area contributed by atoms with Crippen molar-refractivity contribution in [2.75, 3.05) is 13.2 Å². The maximum absolute atomic E-state index is 12.7. The van der Waals surface area contributed by atoms with Gasteiger partial charge in [0.2, 0.25) is 11.8 Å². The van der Waals surface area contributed by atoms with Gasteiger partial charge < -0.3 is 15.0 Å². The van der Waals surface area contributed by atoms with E-state index >= 15 is 0 Å². The maximum Gasteiger partial charge on any atom is 0.246 e. The molecule has 0 spiro atoms. The molecule has 2 saturated heterocycles. The minimum Gasteiger partial charge on any atom is -0.378 e. The van der Waals surface area contributed by atoms with E-state index in [-0.39, 0.29) is 35.9 Å². The van der Waals surface area contributed by atoms with Crippen LogP contribution in [0.5, 0.6) is 0 Å². The van der Waals surface area contributed by atoms with E-state index in [0.29, 0.717) is 12.5 Å². The Bertz CT molecular complexity index is 414. The molecule has 3 fully saturated rings. The van der Waals surface area contributed by atoms with Gasteiger partial charge in [-0.25, -0.2) is 0 Å². The predicted octanol–water partition coefficient (Wildman–Crippen LogP) is 1.32. The van der Waals surface area contributed by atoms with Gasteiger partial charge in [-0.15, -0.1) is 0 Å². The van der Waals surface area contributed by atoms with Crippen LogP contribution >= 0.6 is 0 Å². The molecule has 2 aliphatic heterocycles. The fourth-order valence-electron chi connectivity index (χ4n) is 3.57. The summed E-state index contributed by atoms with van der Waals surface area (Å²) in [6.45, 7) is 5.49. The molecule has 3 atom stereocenters. The smallest absolute Gasteiger partial charge is 0.246 e. The second-order valence-corrected chi connectivity index (χ2v) is 6.97. The van der Waals surface area contributed by atoms with Crippen molar-refractivity contribution in [3.05, 3.63) is 0 Å². The van der Waals surface area contributed by atoms with E-state index in [0.717, 1.165) is 38.7 Å². The number of nitrogens with zero attached hydrogens (tertiary/aromatic N) is 1. The Morgan fingerprint density at radius 3 is 2.62 bits per heavy atom. The van der Waals surface area contributed by atoms with Crippen molar-refractivity contribution >= 4 is 11.8 Å². The first-order valence-corrected chi connectivity index (χ1v) is 8.30. The van der Waals surface area contributed by atoms with E-state index in [2.05, 4.69) is 5.32 Å². The minimum absolute atomic E-state index is 0.0221. The number of piperazine rings is 1. The summed E-state index contributed by atoms with van der Waals surface area (Å²) in [5.41, 5.74) is 0. The average Bonchev–Trinajstić information content (AvgIpc) is 3.15. The Kier molecular flexibility index (Phi) is 4.20. The number of carbonyl (C=O) groups is 2. The maximum atomic E-state index is 12.7. The van der Waals surface area contributed by atoms with Gasteiger partial charge in [-0.2, -0.15) is 0 Å². The van der Waals surface area contributed by atoms with Crippen LogP contribution in [0, 0.1) is 11.8 Å². The quantitative estimate of drug-likeness (QED) is 0.832. The summed E-state index contributed by atoms with van der Waals surface area (Å²) in [5.74, 6) is 0.640. The number of hydrogen-bond donors (Lipinski definition) is 1. The summed E-state index contributed by atoms with van der Waals surface area (Å²) >= 11 is 0. The highest BCUT2D eigenvalue weighted by Crippen LogP contribution is 2.35. The highest BCUT2D eigenvalue weighted by Gasteiger charge is 2.47. The summed E-state index contributed by atoms with van der Waals surface area (Å²) in [6.07, 6.45) is 5.41. The van der Waals surface area contributed by atoms with Crippen molar-refractivity contribution in [3.63, 3.8) is 0 Å². The molecule has 1 aliphatic carbocycles. The average molecular weight is 294 g/mol. The standard InChI is InChI=1S/C16H26N2O3/c1-10(2)14-15(19)17-13(11-5-6-11)16(20)18(14)8-7-12-4-3-9-21-12/h10-14H,3-9H2,1-2H3,(H,17,19). The largest absolute Gasteiger partial charge is 0.378 e. The normalized spacial score (nSPS) is 33.7. The highest BCUT2D eigenvalue weighted by atomic mass is 16.5. The summed E-state index contributed by atoms with van der Waals surface area (Å²) in [4.78, 5) is 27.0. The Balaban J connectivity index is 1.69. The van der Waals surface area contributed by atoms with Crippen LogP contribution in [-0.2, 0) is 14.3 Å². The SMILES string of the molecule is CC(C)C1C(=O)NC(C2CC2)C(=O)N1CCC1CCCO1. The topological polar surface area (TPSA) is 58.6 Å². The van der Waals surface area contributed by atoms with Crippen molar-refractivity contribution in [3.8, 4) is 0 Å². The van der Waals surface area contributed by atoms with Crippen LogP contribution < -0.4 is 5.32 Å². The van der Waals surface area contributed by atoms with Gasteiger partial charge in [0.1, 0.15) is 12.1 Å². The molecule has 0 bridgehead atoms. The second-order valence-electron chi connectivity index (χ2n) is 6.97. The number of amides is 2. The van der Waals surface area contributed by atoms with Gasteiger partial charge in [0.25, 0.3) is 0 Å². The summed E-state index contributed by atoms with van der Waals surface area (Å²) in [7, 11) is 0. The Morgan fingerprint density at radius 1 is 1.29 bits per heavy atom. The molecule has 0 radical (unpaired) electrons. The number of carbonyl (C=O) groups excluding carboxylic acids is 2. The van der Waals surface area contributed by atoms with Crippen LogP contribution in [0.3, 0.4) is 0 Å². The van der Waals surface area contributed by atoms with E-state index in [1.165, 1.54) is 0 Å². The molecule has 5 heteroatoms.